The highest BCUT2D eigenvalue weighted by Gasteiger charge is 2.21. The van der Waals surface area contributed by atoms with Gasteiger partial charge in [-0.3, -0.25) is 14.2 Å². The number of nitrogens with zero attached hydrogens (tertiary/aromatic N) is 1. The van der Waals surface area contributed by atoms with Crippen molar-refractivity contribution in [1.82, 2.24) is 0 Å². The molecule has 0 radical (unpaired) electrons. The van der Waals surface area contributed by atoms with Crippen LogP contribution in [0.25, 0.3) is 0 Å². The molecule has 0 heterocycles. The molecule has 0 aromatic rings. The number of phosphoric acid groups is 1. The third kappa shape index (κ3) is 46.3. The van der Waals surface area contributed by atoms with Gasteiger partial charge in [0.15, 0.2) is 6.10 Å². The van der Waals surface area contributed by atoms with Gasteiger partial charge in [0.05, 0.1) is 27.7 Å². The molecule has 0 N–H and O–H groups in total. The van der Waals surface area contributed by atoms with Gasteiger partial charge in [0.2, 0.25) is 0 Å². The molecule has 0 aliphatic rings. The molecule has 9 nitrogen and oxygen atoms in total. The van der Waals surface area contributed by atoms with Crippen LogP contribution in [0.4, 0.5) is 0 Å². The van der Waals surface area contributed by atoms with E-state index in [9.17, 15) is 19.0 Å². The lowest BCUT2D eigenvalue weighted by Gasteiger charge is -2.28. The van der Waals surface area contributed by atoms with Crippen LogP contribution in [0.5, 0.6) is 0 Å². The van der Waals surface area contributed by atoms with Crippen molar-refractivity contribution in [3.63, 3.8) is 0 Å². The monoisotopic (exact) mass is 872 g/mol. The van der Waals surface area contributed by atoms with Crippen molar-refractivity contribution >= 4 is 19.8 Å². The van der Waals surface area contributed by atoms with Crippen molar-refractivity contribution in [2.45, 2.75) is 168 Å². The summed E-state index contributed by atoms with van der Waals surface area (Å²) in [5.74, 6) is -0.894. The summed E-state index contributed by atoms with van der Waals surface area (Å²) in [4.78, 5) is 37.6. The average Bonchev–Trinajstić information content (AvgIpc) is 3.21. The highest BCUT2D eigenvalue weighted by atomic mass is 31.2. The number of quaternary nitrogens is 1. The lowest BCUT2D eigenvalue weighted by Crippen LogP contribution is -2.37. The second-order valence-electron chi connectivity index (χ2n) is 16.4. The van der Waals surface area contributed by atoms with E-state index in [1.165, 1.54) is 19.3 Å². The first-order chi connectivity index (χ1) is 29.5. The SMILES string of the molecule is CC/C=C\C/C=C\C/C=C\C/C=C\C/C=C\C/C=C\C/C=C\CCCCCC(=O)OC(COC(=O)CCCCCCC/C=C\CCCCC)COP(=O)([O-])OCC[N+](C)(C)C. The van der Waals surface area contributed by atoms with E-state index in [2.05, 4.69) is 111 Å². The third-order valence-corrected chi connectivity index (χ3v) is 10.3. The minimum atomic E-state index is -4.64. The van der Waals surface area contributed by atoms with Gasteiger partial charge in [0.1, 0.15) is 19.8 Å². The van der Waals surface area contributed by atoms with Crippen LogP contribution < -0.4 is 4.89 Å². The summed E-state index contributed by atoms with van der Waals surface area (Å²) in [7, 11) is 1.12. The number of rotatable bonds is 41. The Kier molecular flexibility index (Phi) is 40.1. The molecule has 0 aromatic carbocycles. The summed E-state index contributed by atoms with van der Waals surface area (Å²) in [5.41, 5.74) is 0. The molecule has 0 bridgehead atoms. The summed E-state index contributed by atoms with van der Waals surface area (Å²) in [6, 6.07) is 0. The molecule has 10 heteroatoms. The molecule has 0 fully saturated rings. The van der Waals surface area contributed by atoms with Crippen LogP contribution >= 0.6 is 7.82 Å². The number of likely N-dealkylation sites (N-methyl/N-ethyl adjacent to an activating group) is 1. The zero-order chi connectivity index (χ0) is 45.0. The zero-order valence-electron chi connectivity index (χ0n) is 39.1. The normalized spacial score (nSPS) is 14.4. The van der Waals surface area contributed by atoms with Crippen LogP contribution in [-0.2, 0) is 32.7 Å². The predicted octanol–water partition coefficient (Wildman–Crippen LogP) is 13.1. The van der Waals surface area contributed by atoms with E-state index < -0.39 is 32.5 Å². The Labute approximate surface area is 373 Å². The molecule has 0 amide bonds. The number of hydrogen-bond donors (Lipinski definition) is 0. The molecule has 0 rings (SSSR count). The first kappa shape index (κ1) is 57.9. The fourth-order valence-corrected chi connectivity index (χ4v) is 6.41. The molecule has 0 spiro atoms. The highest BCUT2D eigenvalue weighted by molar-refractivity contribution is 7.45. The van der Waals surface area contributed by atoms with Gasteiger partial charge in [-0.15, -0.1) is 0 Å². The first-order valence-electron chi connectivity index (χ1n) is 23.4. The Morgan fingerprint density at radius 3 is 1.43 bits per heavy atom. The summed E-state index contributed by atoms with van der Waals surface area (Å²) < 4.78 is 33.9. The second-order valence-corrected chi connectivity index (χ2v) is 17.8. The van der Waals surface area contributed by atoms with Gasteiger partial charge in [-0.05, 0) is 96.3 Å². The van der Waals surface area contributed by atoms with E-state index in [0.717, 1.165) is 103 Å². The number of carbonyl (C=O) groups excluding carboxylic acids is 2. The lowest BCUT2D eigenvalue weighted by molar-refractivity contribution is -0.870. The largest absolute Gasteiger partial charge is 0.756 e. The summed E-state index contributed by atoms with van der Waals surface area (Å²) in [5, 5.41) is 0. The van der Waals surface area contributed by atoms with Gasteiger partial charge in [-0.1, -0.05) is 150 Å². The van der Waals surface area contributed by atoms with E-state index in [-0.39, 0.29) is 26.1 Å². The van der Waals surface area contributed by atoms with Crippen LogP contribution in [0.2, 0.25) is 0 Å². The Bertz CT molecular complexity index is 1350. The predicted molar refractivity (Wildman–Crippen MR) is 254 cm³/mol. The van der Waals surface area contributed by atoms with Gasteiger partial charge in [-0.25, -0.2) is 0 Å². The Hall–Kier alpha value is -3.07. The van der Waals surface area contributed by atoms with E-state index in [0.29, 0.717) is 23.9 Å². The van der Waals surface area contributed by atoms with Crippen LogP contribution in [0.3, 0.4) is 0 Å². The molecular weight excluding hydrogens is 786 g/mol. The molecule has 0 aromatic heterocycles. The highest BCUT2D eigenvalue weighted by Crippen LogP contribution is 2.38. The molecule has 2 atom stereocenters. The number of allylic oxidation sites excluding steroid dienone is 16. The molecule has 0 aliphatic heterocycles. The maximum atomic E-state index is 12.7. The zero-order valence-corrected chi connectivity index (χ0v) is 40.0. The molecule has 348 valence electrons. The number of hydrogen-bond acceptors (Lipinski definition) is 8. The van der Waals surface area contributed by atoms with E-state index >= 15 is 0 Å². The van der Waals surface area contributed by atoms with Crippen molar-refractivity contribution in [2.24, 2.45) is 0 Å². The first-order valence-corrected chi connectivity index (χ1v) is 24.9. The van der Waals surface area contributed by atoms with Crippen molar-refractivity contribution in [3.8, 4) is 0 Å². The van der Waals surface area contributed by atoms with E-state index in [1.807, 2.05) is 21.1 Å². The van der Waals surface area contributed by atoms with Crippen molar-refractivity contribution in [3.05, 3.63) is 97.2 Å². The minimum absolute atomic E-state index is 0.0445. The fourth-order valence-electron chi connectivity index (χ4n) is 5.69. The Morgan fingerprint density at radius 2 is 0.934 bits per heavy atom. The van der Waals surface area contributed by atoms with Crippen LogP contribution in [-0.4, -0.2) is 70.0 Å². The number of carbonyl (C=O) groups is 2. The fraction of sp³-hybridized carbons (Fsp3) is 0.647. The van der Waals surface area contributed by atoms with Gasteiger partial charge in [0.25, 0.3) is 7.82 Å². The number of phosphoric ester groups is 1. The number of ether oxygens (including phenoxy) is 2. The van der Waals surface area contributed by atoms with E-state index in [1.54, 1.807) is 0 Å². The maximum absolute atomic E-state index is 12.7. The van der Waals surface area contributed by atoms with Crippen molar-refractivity contribution in [2.75, 3.05) is 47.5 Å². The molecule has 61 heavy (non-hydrogen) atoms. The average molecular weight is 872 g/mol. The molecular formula is C51H86NO8P. The number of esters is 2. The standard InChI is InChI=1S/C51H86NO8P/c1-6-8-10-12-14-16-18-20-21-22-23-24-25-26-27-28-29-30-31-32-34-36-38-40-42-44-51(54)60-49(48-59-61(55,56)58-46-45-52(3,4)5)47-57-50(53)43-41-39-37-35-33-19-17-15-13-11-9-7-2/h8,10,14-17,20-21,23-24,26-27,29-30,32,34,49H,6-7,9,11-13,18-19,22,25,28,31,33,35-48H2,1-5H3/b10-8-,16-14-,17-15-,21-20-,24-23-,27-26-,30-29-,34-32-. The van der Waals surface area contributed by atoms with Gasteiger partial charge >= 0.3 is 11.9 Å². The molecule has 0 saturated carbocycles. The molecule has 0 aliphatic carbocycles. The van der Waals surface area contributed by atoms with Crippen molar-refractivity contribution in [1.29, 1.82) is 0 Å². The summed E-state index contributed by atoms with van der Waals surface area (Å²) in [6.45, 7) is 4.01. The minimum Gasteiger partial charge on any atom is -0.756 e. The van der Waals surface area contributed by atoms with E-state index in [4.69, 9.17) is 18.5 Å². The van der Waals surface area contributed by atoms with Gasteiger partial charge in [-0.2, -0.15) is 0 Å². The topological polar surface area (TPSA) is 111 Å². The van der Waals surface area contributed by atoms with Crippen LogP contribution in [0.1, 0.15) is 162 Å². The molecule has 0 saturated heterocycles. The Balaban J connectivity index is 4.39. The second kappa shape index (κ2) is 42.2. The van der Waals surface area contributed by atoms with Crippen LogP contribution in [0.15, 0.2) is 97.2 Å². The molecule has 2 unspecified atom stereocenters. The smallest absolute Gasteiger partial charge is 0.306 e. The summed E-state index contributed by atoms with van der Waals surface area (Å²) in [6.07, 6.45) is 55.8. The van der Waals surface area contributed by atoms with Crippen LogP contribution in [0, 0.1) is 0 Å². The quantitative estimate of drug-likeness (QED) is 0.0196. The Morgan fingerprint density at radius 1 is 0.525 bits per heavy atom. The lowest BCUT2D eigenvalue weighted by atomic mass is 10.1. The van der Waals surface area contributed by atoms with Crippen molar-refractivity contribution < 1.29 is 42.1 Å². The number of unbranched alkanes of at least 4 members (excludes halogenated alkanes) is 11. The maximum Gasteiger partial charge on any atom is 0.306 e. The van der Waals surface area contributed by atoms with Gasteiger partial charge < -0.3 is 27.9 Å². The third-order valence-electron chi connectivity index (χ3n) is 9.34. The van der Waals surface area contributed by atoms with Gasteiger partial charge in [0, 0.05) is 12.8 Å². The summed E-state index contributed by atoms with van der Waals surface area (Å²) >= 11 is 0.